The van der Waals surface area contributed by atoms with Crippen LogP contribution in [0.15, 0.2) is 24.3 Å². The molecule has 22 heavy (non-hydrogen) atoms. The van der Waals surface area contributed by atoms with Gasteiger partial charge in [0, 0.05) is 24.0 Å². The predicted molar refractivity (Wildman–Crippen MR) is 89.7 cm³/mol. The van der Waals surface area contributed by atoms with Crippen molar-refractivity contribution in [3.63, 3.8) is 0 Å². The molecule has 0 radical (unpaired) electrons. The van der Waals surface area contributed by atoms with Gasteiger partial charge in [0.2, 0.25) is 11.8 Å². The number of carbonyl (C=O) groups excluding carboxylic acids is 2. The maximum atomic E-state index is 12.3. The first-order chi connectivity index (χ1) is 10.4. The van der Waals surface area contributed by atoms with Crippen LogP contribution in [0.25, 0.3) is 0 Å². The molecule has 0 heterocycles. The summed E-state index contributed by atoms with van der Waals surface area (Å²) in [6, 6.07) is 6.94. The average molecular weight is 325 g/mol. The van der Waals surface area contributed by atoms with E-state index in [1.54, 1.807) is 24.8 Å². The van der Waals surface area contributed by atoms with Crippen LogP contribution >= 0.6 is 11.6 Å². The lowest BCUT2D eigenvalue weighted by Gasteiger charge is -2.29. The Morgan fingerprint density at radius 3 is 2.41 bits per heavy atom. The van der Waals surface area contributed by atoms with Gasteiger partial charge in [-0.3, -0.25) is 9.59 Å². The standard InChI is InChI=1S/C17H25ClN2O2/c1-5-12(3)19-17(22)13(4)20(16(21)6-2)11-14-9-7-8-10-15(14)18/h7-10,12-13H,5-6,11H2,1-4H3,(H,19,22)/t12-,13+/m0/s1. The molecule has 0 aliphatic rings. The molecule has 0 bridgehead atoms. The predicted octanol–water partition coefficient (Wildman–Crippen LogP) is 3.38. The molecule has 5 heteroatoms. The van der Waals surface area contributed by atoms with E-state index in [2.05, 4.69) is 5.32 Å². The van der Waals surface area contributed by atoms with E-state index >= 15 is 0 Å². The maximum absolute atomic E-state index is 12.3. The number of carbonyl (C=O) groups is 2. The second-order valence-corrected chi connectivity index (χ2v) is 5.87. The lowest BCUT2D eigenvalue weighted by atomic mass is 10.1. The Morgan fingerprint density at radius 1 is 1.23 bits per heavy atom. The summed E-state index contributed by atoms with van der Waals surface area (Å²) in [6.07, 6.45) is 1.20. The van der Waals surface area contributed by atoms with Crippen molar-refractivity contribution in [1.82, 2.24) is 10.2 Å². The summed E-state index contributed by atoms with van der Waals surface area (Å²) >= 11 is 6.17. The fourth-order valence-corrected chi connectivity index (χ4v) is 2.26. The molecule has 1 rings (SSSR count). The Balaban J connectivity index is 2.91. The van der Waals surface area contributed by atoms with Gasteiger partial charge in [0.05, 0.1) is 0 Å². The number of hydrogen-bond donors (Lipinski definition) is 1. The monoisotopic (exact) mass is 324 g/mol. The average Bonchev–Trinajstić information content (AvgIpc) is 2.52. The zero-order valence-electron chi connectivity index (χ0n) is 13.7. The highest BCUT2D eigenvalue weighted by molar-refractivity contribution is 6.31. The van der Waals surface area contributed by atoms with E-state index in [0.29, 0.717) is 18.0 Å². The molecule has 0 saturated carbocycles. The molecule has 1 aromatic rings. The van der Waals surface area contributed by atoms with Crippen LogP contribution in [0, 0.1) is 0 Å². The molecule has 0 aliphatic carbocycles. The molecule has 0 aromatic heterocycles. The van der Waals surface area contributed by atoms with Crippen molar-refractivity contribution in [3.8, 4) is 0 Å². The third-order valence-electron chi connectivity index (χ3n) is 3.77. The van der Waals surface area contributed by atoms with Gasteiger partial charge in [-0.15, -0.1) is 0 Å². The molecule has 0 unspecified atom stereocenters. The zero-order chi connectivity index (χ0) is 16.7. The third-order valence-corrected chi connectivity index (χ3v) is 4.14. The van der Waals surface area contributed by atoms with Gasteiger partial charge in [0.25, 0.3) is 0 Å². The van der Waals surface area contributed by atoms with Crippen molar-refractivity contribution in [2.45, 2.75) is 59.2 Å². The summed E-state index contributed by atoms with van der Waals surface area (Å²) < 4.78 is 0. The first kappa shape index (κ1) is 18.5. The summed E-state index contributed by atoms with van der Waals surface area (Å²) in [4.78, 5) is 26.1. The van der Waals surface area contributed by atoms with E-state index in [1.165, 1.54) is 0 Å². The summed E-state index contributed by atoms with van der Waals surface area (Å²) in [7, 11) is 0. The molecule has 0 aliphatic heterocycles. The number of nitrogens with zero attached hydrogens (tertiary/aromatic N) is 1. The first-order valence-corrected chi connectivity index (χ1v) is 8.11. The largest absolute Gasteiger partial charge is 0.352 e. The van der Waals surface area contributed by atoms with Crippen molar-refractivity contribution in [2.75, 3.05) is 0 Å². The van der Waals surface area contributed by atoms with Crippen molar-refractivity contribution in [2.24, 2.45) is 0 Å². The van der Waals surface area contributed by atoms with E-state index < -0.39 is 6.04 Å². The molecule has 2 amide bonds. The third kappa shape index (κ3) is 5.02. The second kappa shape index (κ2) is 8.79. The van der Waals surface area contributed by atoms with Crippen molar-refractivity contribution in [3.05, 3.63) is 34.9 Å². The van der Waals surface area contributed by atoms with Crippen molar-refractivity contribution in [1.29, 1.82) is 0 Å². The van der Waals surface area contributed by atoms with Crippen LogP contribution in [0.5, 0.6) is 0 Å². The van der Waals surface area contributed by atoms with E-state index in [-0.39, 0.29) is 17.9 Å². The number of amides is 2. The molecule has 1 N–H and O–H groups in total. The quantitative estimate of drug-likeness (QED) is 0.836. The molecular weight excluding hydrogens is 300 g/mol. The van der Waals surface area contributed by atoms with Gasteiger partial charge in [0.15, 0.2) is 0 Å². The minimum atomic E-state index is -0.530. The Bertz CT molecular complexity index is 519. The molecule has 0 fully saturated rings. The van der Waals surface area contributed by atoms with Crippen LogP contribution in [0.3, 0.4) is 0 Å². The lowest BCUT2D eigenvalue weighted by molar-refractivity contribution is -0.140. The van der Waals surface area contributed by atoms with Crippen molar-refractivity contribution < 1.29 is 9.59 Å². The molecule has 1 aromatic carbocycles. The second-order valence-electron chi connectivity index (χ2n) is 5.46. The molecule has 4 nitrogen and oxygen atoms in total. The van der Waals surface area contributed by atoms with E-state index in [1.807, 2.05) is 32.0 Å². The van der Waals surface area contributed by atoms with Crippen LogP contribution in [0.4, 0.5) is 0 Å². The normalized spacial score (nSPS) is 13.3. The van der Waals surface area contributed by atoms with E-state index in [9.17, 15) is 9.59 Å². The maximum Gasteiger partial charge on any atom is 0.242 e. The smallest absolute Gasteiger partial charge is 0.242 e. The number of hydrogen-bond acceptors (Lipinski definition) is 2. The van der Waals surface area contributed by atoms with Crippen LogP contribution in [-0.4, -0.2) is 28.8 Å². The van der Waals surface area contributed by atoms with E-state index in [4.69, 9.17) is 11.6 Å². The number of benzene rings is 1. The fraction of sp³-hybridized carbons (Fsp3) is 0.529. The summed E-state index contributed by atoms with van der Waals surface area (Å²) in [5, 5.41) is 3.53. The zero-order valence-corrected chi connectivity index (χ0v) is 14.5. The number of halogens is 1. The van der Waals surface area contributed by atoms with Gasteiger partial charge in [-0.2, -0.15) is 0 Å². The first-order valence-electron chi connectivity index (χ1n) is 7.73. The molecule has 2 atom stereocenters. The lowest BCUT2D eigenvalue weighted by Crippen LogP contribution is -2.49. The van der Waals surface area contributed by atoms with Crippen molar-refractivity contribution >= 4 is 23.4 Å². The van der Waals surface area contributed by atoms with Gasteiger partial charge in [0.1, 0.15) is 6.04 Å². The van der Waals surface area contributed by atoms with E-state index in [0.717, 1.165) is 12.0 Å². The Hall–Kier alpha value is -1.55. The van der Waals surface area contributed by atoms with Crippen LogP contribution in [-0.2, 0) is 16.1 Å². The molecule has 0 saturated heterocycles. The fourth-order valence-electron chi connectivity index (χ4n) is 2.06. The topological polar surface area (TPSA) is 49.4 Å². The number of rotatable bonds is 7. The Kier molecular flexibility index (Phi) is 7.39. The summed E-state index contributed by atoms with van der Waals surface area (Å²) in [5.41, 5.74) is 0.842. The summed E-state index contributed by atoms with van der Waals surface area (Å²) in [5.74, 6) is -0.199. The number of nitrogens with one attached hydrogen (secondary N) is 1. The highest BCUT2D eigenvalue weighted by Crippen LogP contribution is 2.19. The molecular formula is C17H25ClN2O2. The SMILES string of the molecule is CCC(=O)N(Cc1ccccc1Cl)[C@H](C)C(=O)N[C@@H](C)CC. The molecule has 122 valence electrons. The highest BCUT2D eigenvalue weighted by atomic mass is 35.5. The summed E-state index contributed by atoms with van der Waals surface area (Å²) in [6.45, 7) is 7.84. The van der Waals surface area contributed by atoms with Crippen LogP contribution < -0.4 is 5.32 Å². The van der Waals surface area contributed by atoms with Gasteiger partial charge in [-0.25, -0.2) is 0 Å². The van der Waals surface area contributed by atoms with Gasteiger partial charge < -0.3 is 10.2 Å². The van der Waals surface area contributed by atoms with Gasteiger partial charge in [-0.1, -0.05) is 43.6 Å². The van der Waals surface area contributed by atoms with Crippen LogP contribution in [0.1, 0.15) is 46.1 Å². The van der Waals surface area contributed by atoms with Gasteiger partial charge >= 0.3 is 0 Å². The Morgan fingerprint density at radius 2 is 1.86 bits per heavy atom. The minimum absolute atomic E-state index is 0.0632. The Labute approximate surface area is 137 Å². The highest BCUT2D eigenvalue weighted by Gasteiger charge is 2.26. The minimum Gasteiger partial charge on any atom is -0.352 e. The van der Waals surface area contributed by atoms with Crippen LogP contribution in [0.2, 0.25) is 5.02 Å². The molecule has 0 spiro atoms. The van der Waals surface area contributed by atoms with Gasteiger partial charge in [-0.05, 0) is 31.9 Å².